The second kappa shape index (κ2) is 8.89. The van der Waals surface area contributed by atoms with Crippen molar-refractivity contribution in [1.82, 2.24) is 0 Å². The van der Waals surface area contributed by atoms with Crippen LogP contribution >= 0.6 is 0 Å². The molecule has 2 aromatic carbocycles. The first-order valence-electron chi connectivity index (χ1n) is 9.98. The number of hydrogen-bond donors (Lipinski definition) is 4. The molecule has 1 aliphatic heterocycles. The third kappa shape index (κ3) is 3.64. The van der Waals surface area contributed by atoms with E-state index in [4.69, 9.17) is 18.6 Å². The molecule has 0 spiro atoms. The number of methoxy groups -OCH3 is 2. The minimum absolute atomic E-state index is 0.143. The standard InChI is InChI=1S/C23H24O9/c1-29-12-5-3-11(4-6-12)15-10-31-23-13(17(15)25)7-8-14(22(23)30-2)21-20(28)19(27)18(26)16(9-24)32-21/h3-8,10,16,18-21,24,26-28H,9H2,1-2H3/t16-,18-,19+,20-,21?/m1/s1. The Hall–Kier alpha value is -2.95. The van der Waals surface area contributed by atoms with Crippen molar-refractivity contribution >= 4 is 11.0 Å². The smallest absolute Gasteiger partial charge is 0.200 e. The number of aliphatic hydroxyl groups is 4. The summed E-state index contributed by atoms with van der Waals surface area (Å²) in [4.78, 5) is 13.2. The molecular formula is C23H24O9. The van der Waals surface area contributed by atoms with Crippen LogP contribution < -0.4 is 14.9 Å². The van der Waals surface area contributed by atoms with Gasteiger partial charge in [-0.3, -0.25) is 4.79 Å². The number of ether oxygens (including phenoxy) is 3. The lowest BCUT2D eigenvalue weighted by molar-refractivity contribution is -0.232. The molecule has 1 fully saturated rings. The predicted octanol–water partition coefficient (Wildman–Crippen LogP) is 0.992. The first kappa shape index (κ1) is 22.3. The van der Waals surface area contributed by atoms with Gasteiger partial charge in [-0.1, -0.05) is 18.2 Å². The van der Waals surface area contributed by atoms with Crippen LogP contribution in [0.15, 0.2) is 51.9 Å². The third-order valence-corrected chi connectivity index (χ3v) is 5.73. The van der Waals surface area contributed by atoms with Crippen LogP contribution in [-0.4, -0.2) is 65.7 Å². The van der Waals surface area contributed by atoms with Crippen LogP contribution in [0.5, 0.6) is 11.5 Å². The average molecular weight is 444 g/mol. The van der Waals surface area contributed by atoms with E-state index in [0.29, 0.717) is 22.4 Å². The molecule has 0 saturated carbocycles. The van der Waals surface area contributed by atoms with Crippen molar-refractivity contribution in [1.29, 1.82) is 0 Å². The lowest BCUT2D eigenvalue weighted by Gasteiger charge is -2.40. The van der Waals surface area contributed by atoms with E-state index in [1.165, 1.54) is 25.5 Å². The van der Waals surface area contributed by atoms with Crippen molar-refractivity contribution in [2.24, 2.45) is 0 Å². The van der Waals surface area contributed by atoms with E-state index in [2.05, 4.69) is 0 Å². The molecule has 1 aliphatic rings. The first-order valence-corrected chi connectivity index (χ1v) is 9.98. The van der Waals surface area contributed by atoms with E-state index in [1.54, 1.807) is 31.4 Å². The third-order valence-electron chi connectivity index (χ3n) is 5.73. The summed E-state index contributed by atoms with van der Waals surface area (Å²) in [5.41, 5.74) is 1.16. The number of rotatable bonds is 5. The summed E-state index contributed by atoms with van der Waals surface area (Å²) in [6, 6.07) is 10.0. The topological polar surface area (TPSA) is 139 Å². The zero-order valence-electron chi connectivity index (χ0n) is 17.5. The Kier molecular flexibility index (Phi) is 6.18. The Morgan fingerprint density at radius 1 is 0.938 bits per heavy atom. The predicted molar refractivity (Wildman–Crippen MR) is 114 cm³/mol. The number of aliphatic hydroxyl groups excluding tert-OH is 4. The Morgan fingerprint density at radius 2 is 1.66 bits per heavy atom. The summed E-state index contributed by atoms with van der Waals surface area (Å²) >= 11 is 0. The molecule has 2 heterocycles. The van der Waals surface area contributed by atoms with E-state index in [1.807, 2.05) is 0 Å². The molecule has 0 bridgehead atoms. The normalized spacial score (nSPS) is 25.6. The Bertz CT molecular complexity index is 1150. The molecule has 1 aromatic heterocycles. The van der Waals surface area contributed by atoms with Gasteiger partial charge in [0, 0.05) is 5.56 Å². The van der Waals surface area contributed by atoms with E-state index in [0.717, 1.165) is 0 Å². The van der Waals surface area contributed by atoms with Gasteiger partial charge in [0.05, 0.1) is 31.8 Å². The summed E-state index contributed by atoms with van der Waals surface area (Å²) in [5.74, 6) is 0.801. The van der Waals surface area contributed by atoms with Crippen LogP contribution in [0.2, 0.25) is 0 Å². The molecule has 0 radical (unpaired) electrons. The first-order chi connectivity index (χ1) is 15.4. The highest BCUT2D eigenvalue weighted by Crippen LogP contribution is 2.40. The molecule has 0 aliphatic carbocycles. The quantitative estimate of drug-likeness (QED) is 0.454. The monoisotopic (exact) mass is 444 g/mol. The molecule has 1 saturated heterocycles. The second-order valence-electron chi connectivity index (χ2n) is 7.52. The molecule has 170 valence electrons. The van der Waals surface area contributed by atoms with Gasteiger partial charge < -0.3 is 39.1 Å². The van der Waals surface area contributed by atoms with Crippen LogP contribution in [0.25, 0.3) is 22.1 Å². The van der Waals surface area contributed by atoms with Crippen LogP contribution in [0.1, 0.15) is 11.7 Å². The maximum absolute atomic E-state index is 13.2. The maximum atomic E-state index is 13.2. The van der Waals surface area contributed by atoms with Gasteiger partial charge in [0.25, 0.3) is 0 Å². The zero-order chi connectivity index (χ0) is 23.0. The summed E-state index contributed by atoms with van der Waals surface area (Å²) in [5, 5.41) is 40.4. The van der Waals surface area contributed by atoms with Crippen LogP contribution in [0.3, 0.4) is 0 Å². The molecule has 4 N–H and O–H groups in total. The molecule has 5 atom stereocenters. The van der Waals surface area contributed by atoms with Gasteiger partial charge in [0.2, 0.25) is 5.43 Å². The minimum atomic E-state index is -1.55. The van der Waals surface area contributed by atoms with E-state index >= 15 is 0 Å². The highest BCUT2D eigenvalue weighted by Gasteiger charge is 2.45. The van der Waals surface area contributed by atoms with Gasteiger partial charge in [0.1, 0.15) is 42.5 Å². The second-order valence-corrected chi connectivity index (χ2v) is 7.52. The largest absolute Gasteiger partial charge is 0.497 e. The van der Waals surface area contributed by atoms with Gasteiger partial charge in [-0.2, -0.15) is 0 Å². The zero-order valence-corrected chi connectivity index (χ0v) is 17.5. The van der Waals surface area contributed by atoms with Gasteiger partial charge in [-0.15, -0.1) is 0 Å². The Labute approximate surface area is 183 Å². The average Bonchev–Trinajstić information content (AvgIpc) is 2.82. The van der Waals surface area contributed by atoms with Gasteiger partial charge in [-0.05, 0) is 23.8 Å². The van der Waals surface area contributed by atoms with Crippen molar-refractivity contribution in [3.63, 3.8) is 0 Å². The summed E-state index contributed by atoms with van der Waals surface area (Å²) in [6.07, 6.45) is -5.41. The van der Waals surface area contributed by atoms with E-state index < -0.39 is 37.1 Å². The highest BCUT2D eigenvalue weighted by atomic mass is 16.5. The van der Waals surface area contributed by atoms with Crippen molar-refractivity contribution in [2.45, 2.75) is 30.5 Å². The molecule has 4 rings (SSSR count). The van der Waals surface area contributed by atoms with Crippen molar-refractivity contribution in [3.8, 4) is 22.6 Å². The molecular weight excluding hydrogens is 420 g/mol. The summed E-state index contributed by atoms with van der Waals surface area (Å²) in [7, 11) is 2.93. The van der Waals surface area contributed by atoms with Crippen molar-refractivity contribution < 1.29 is 39.1 Å². The van der Waals surface area contributed by atoms with Crippen molar-refractivity contribution in [3.05, 3.63) is 58.4 Å². The lowest BCUT2D eigenvalue weighted by atomic mass is 9.90. The van der Waals surface area contributed by atoms with E-state index in [-0.39, 0.29) is 22.1 Å². The molecule has 3 aromatic rings. The fraction of sp³-hybridized carbons (Fsp3) is 0.348. The fourth-order valence-corrected chi connectivity index (χ4v) is 3.95. The Balaban J connectivity index is 1.81. The van der Waals surface area contributed by atoms with Crippen LogP contribution in [0, 0.1) is 0 Å². The van der Waals surface area contributed by atoms with Gasteiger partial charge in [-0.25, -0.2) is 0 Å². The minimum Gasteiger partial charge on any atom is -0.497 e. The van der Waals surface area contributed by atoms with Gasteiger partial charge in [0.15, 0.2) is 11.3 Å². The van der Waals surface area contributed by atoms with Crippen LogP contribution in [0.4, 0.5) is 0 Å². The summed E-state index contributed by atoms with van der Waals surface area (Å²) in [6.45, 7) is -0.558. The Morgan fingerprint density at radius 3 is 2.28 bits per heavy atom. The summed E-state index contributed by atoms with van der Waals surface area (Å²) < 4.78 is 22.0. The molecule has 32 heavy (non-hydrogen) atoms. The molecule has 9 nitrogen and oxygen atoms in total. The fourth-order valence-electron chi connectivity index (χ4n) is 3.95. The van der Waals surface area contributed by atoms with Gasteiger partial charge >= 0.3 is 0 Å². The number of hydrogen-bond acceptors (Lipinski definition) is 9. The van der Waals surface area contributed by atoms with Crippen LogP contribution in [-0.2, 0) is 4.74 Å². The maximum Gasteiger partial charge on any atom is 0.200 e. The lowest BCUT2D eigenvalue weighted by Crippen LogP contribution is -2.55. The molecule has 9 heteroatoms. The highest BCUT2D eigenvalue weighted by molar-refractivity contribution is 5.87. The van der Waals surface area contributed by atoms with Crippen molar-refractivity contribution in [2.75, 3.05) is 20.8 Å². The molecule has 0 amide bonds. The number of fused-ring (bicyclic) bond motifs is 1. The number of benzene rings is 2. The molecule has 1 unspecified atom stereocenters. The SMILES string of the molecule is COc1ccc(-c2coc3c(OC)c(C4O[C@H](CO)[C@@H](O)[C@H](O)[C@H]4O)ccc3c2=O)cc1. The van der Waals surface area contributed by atoms with E-state index in [9.17, 15) is 25.2 Å².